The van der Waals surface area contributed by atoms with Crippen molar-refractivity contribution in [2.45, 2.75) is 13.8 Å². The fraction of sp³-hybridized carbons (Fsp3) is 0.286. The van der Waals surface area contributed by atoms with E-state index >= 15 is 0 Å². The van der Waals surface area contributed by atoms with Crippen LogP contribution < -0.4 is 0 Å². The van der Waals surface area contributed by atoms with Gasteiger partial charge in [-0.2, -0.15) is 0 Å². The van der Waals surface area contributed by atoms with Crippen molar-refractivity contribution < 1.29 is 0 Å². The topological polar surface area (TPSA) is 12.4 Å². The van der Waals surface area contributed by atoms with Crippen LogP contribution in [0.4, 0.5) is 0 Å². The molecule has 0 bridgehead atoms. The predicted octanol–water partition coefficient (Wildman–Crippen LogP) is 2.73. The van der Waals surface area contributed by atoms with Gasteiger partial charge in [-0.1, -0.05) is 11.6 Å². The zero-order chi connectivity index (χ0) is 7.28. The molecule has 9 heavy (non-hydrogen) atoms. The second-order valence-corrected chi connectivity index (χ2v) is 2.32. The van der Waals surface area contributed by atoms with Crippen molar-refractivity contribution in [3.05, 3.63) is 22.9 Å². The Morgan fingerprint density at radius 3 is 2.33 bits per heavy atom. The molecule has 2 heteroatoms. The number of nitrogens with zero attached hydrogens (tertiary/aromatic N) is 1. The normalized spacial score (nSPS) is 13.7. The Labute approximate surface area is 60.7 Å². The largest absolute Gasteiger partial charge is 0.269 e. The Hall–Kier alpha value is -0.560. The predicted molar refractivity (Wildman–Crippen MR) is 42.9 cm³/mol. The first-order chi connectivity index (χ1) is 4.16. The van der Waals surface area contributed by atoms with Gasteiger partial charge in [0.2, 0.25) is 0 Å². The molecule has 0 aromatic carbocycles. The first-order valence-electron chi connectivity index (χ1n) is 2.64. The maximum atomic E-state index is 5.53. The fourth-order valence-corrected chi connectivity index (χ4v) is 0.351. The van der Waals surface area contributed by atoms with E-state index in [0.717, 1.165) is 10.7 Å². The molecule has 0 fully saturated rings. The summed E-state index contributed by atoms with van der Waals surface area (Å²) in [5.41, 5.74) is 0.870. The number of allylic oxidation sites excluding steroid dienone is 4. The summed E-state index contributed by atoms with van der Waals surface area (Å²) in [6.45, 7) is 7.03. The number of hydrogen-bond acceptors (Lipinski definition) is 1. The zero-order valence-corrected chi connectivity index (χ0v) is 6.44. The van der Waals surface area contributed by atoms with Gasteiger partial charge in [0.1, 0.15) is 0 Å². The van der Waals surface area contributed by atoms with E-state index in [-0.39, 0.29) is 0 Å². The van der Waals surface area contributed by atoms with E-state index in [1.54, 1.807) is 6.08 Å². The molecule has 0 heterocycles. The Balaban J connectivity index is 3.98. The van der Waals surface area contributed by atoms with Crippen LogP contribution in [0.3, 0.4) is 0 Å². The van der Waals surface area contributed by atoms with E-state index in [1.807, 2.05) is 19.9 Å². The lowest BCUT2D eigenvalue weighted by Crippen LogP contribution is -1.63. The van der Waals surface area contributed by atoms with E-state index in [0.29, 0.717) is 0 Å². The van der Waals surface area contributed by atoms with Crippen LogP contribution in [0.25, 0.3) is 0 Å². The number of halogens is 1. The summed E-state index contributed by atoms with van der Waals surface area (Å²) in [6.07, 6.45) is 3.60. The molecule has 0 saturated heterocycles. The molecule has 1 nitrogen and oxygen atoms in total. The number of aliphatic imine (C=N–C) groups is 1. The molecule has 0 aliphatic heterocycles. The molecular formula is C7H10ClN. The minimum Gasteiger partial charge on any atom is -0.269 e. The molecule has 0 atom stereocenters. The molecule has 0 rings (SSSR count). The van der Waals surface area contributed by atoms with Gasteiger partial charge >= 0.3 is 0 Å². The highest BCUT2D eigenvalue weighted by molar-refractivity contribution is 6.29. The van der Waals surface area contributed by atoms with Crippen molar-refractivity contribution in [1.29, 1.82) is 0 Å². The summed E-state index contributed by atoms with van der Waals surface area (Å²) in [5.74, 6) is 0. The fourth-order valence-electron chi connectivity index (χ4n) is 0.288. The van der Waals surface area contributed by atoms with Crippen LogP contribution in [0.5, 0.6) is 0 Å². The Bertz CT molecular complexity index is 152. The zero-order valence-electron chi connectivity index (χ0n) is 5.69. The second-order valence-electron chi connectivity index (χ2n) is 1.72. The monoisotopic (exact) mass is 143 g/mol. The van der Waals surface area contributed by atoms with Crippen LogP contribution in [0.1, 0.15) is 13.8 Å². The van der Waals surface area contributed by atoms with E-state index in [2.05, 4.69) is 11.7 Å². The van der Waals surface area contributed by atoms with Crippen LogP contribution in [0, 0.1) is 0 Å². The first kappa shape index (κ1) is 8.44. The quantitative estimate of drug-likeness (QED) is 0.417. The molecule has 0 radical (unpaired) electrons. The lowest BCUT2D eigenvalue weighted by Gasteiger charge is -1.84. The maximum absolute atomic E-state index is 5.53. The van der Waals surface area contributed by atoms with Gasteiger partial charge in [0, 0.05) is 10.7 Å². The summed E-state index contributed by atoms with van der Waals surface area (Å²) in [6, 6.07) is 0. The molecule has 0 N–H and O–H groups in total. The van der Waals surface area contributed by atoms with Crippen LogP contribution >= 0.6 is 11.6 Å². The average molecular weight is 144 g/mol. The van der Waals surface area contributed by atoms with Gasteiger partial charge < -0.3 is 0 Å². The minimum absolute atomic E-state index is 0.748. The molecule has 0 saturated carbocycles. The number of rotatable bonds is 2. The van der Waals surface area contributed by atoms with E-state index in [4.69, 9.17) is 11.6 Å². The molecular weight excluding hydrogens is 134 g/mol. The van der Waals surface area contributed by atoms with Gasteiger partial charge in [0.05, 0.1) is 0 Å². The van der Waals surface area contributed by atoms with Crippen LogP contribution in [-0.2, 0) is 0 Å². The highest BCUT2D eigenvalue weighted by atomic mass is 35.5. The summed E-state index contributed by atoms with van der Waals surface area (Å²) >= 11 is 5.53. The molecule has 0 aliphatic rings. The first-order valence-corrected chi connectivity index (χ1v) is 3.02. The molecule has 0 unspecified atom stereocenters. The van der Waals surface area contributed by atoms with E-state index in [1.165, 1.54) is 0 Å². The Morgan fingerprint density at radius 2 is 2.00 bits per heavy atom. The van der Waals surface area contributed by atoms with Gasteiger partial charge in [-0.05, 0) is 32.7 Å². The third-order valence-corrected chi connectivity index (χ3v) is 0.930. The number of hydrogen-bond donors (Lipinski definition) is 0. The van der Waals surface area contributed by atoms with Gasteiger partial charge in [0.25, 0.3) is 0 Å². The molecule has 0 aliphatic carbocycles. The van der Waals surface area contributed by atoms with Crippen LogP contribution in [0.15, 0.2) is 27.9 Å². The highest BCUT2D eigenvalue weighted by Gasteiger charge is 1.77. The van der Waals surface area contributed by atoms with Crippen molar-refractivity contribution in [3.63, 3.8) is 0 Å². The van der Waals surface area contributed by atoms with Crippen LogP contribution in [-0.4, -0.2) is 6.72 Å². The SMILES string of the molecule is C=NC(C)=CC=C(C)Cl. The van der Waals surface area contributed by atoms with Crippen molar-refractivity contribution in [3.8, 4) is 0 Å². The maximum Gasteiger partial charge on any atom is 0.0365 e. The van der Waals surface area contributed by atoms with Crippen molar-refractivity contribution in [1.82, 2.24) is 0 Å². The smallest absolute Gasteiger partial charge is 0.0365 e. The van der Waals surface area contributed by atoms with Gasteiger partial charge in [-0.25, -0.2) is 0 Å². The van der Waals surface area contributed by atoms with Crippen molar-refractivity contribution in [2.24, 2.45) is 4.99 Å². The highest BCUT2D eigenvalue weighted by Crippen LogP contribution is 2.00. The molecule has 0 aromatic heterocycles. The van der Waals surface area contributed by atoms with Crippen molar-refractivity contribution >= 4 is 18.3 Å². The molecule has 0 aromatic rings. The summed E-state index contributed by atoms with van der Waals surface area (Å²) < 4.78 is 0. The summed E-state index contributed by atoms with van der Waals surface area (Å²) in [4.78, 5) is 3.67. The van der Waals surface area contributed by atoms with Gasteiger partial charge in [-0.3, -0.25) is 4.99 Å². The minimum atomic E-state index is 0.748. The summed E-state index contributed by atoms with van der Waals surface area (Å²) in [5, 5.41) is 0.748. The van der Waals surface area contributed by atoms with E-state index < -0.39 is 0 Å². The van der Waals surface area contributed by atoms with Crippen LogP contribution in [0.2, 0.25) is 0 Å². The third-order valence-electron chi connectivity index (χ3n) is 0.804. The Morgan fingerprint density at radius 1 is 1.44 bits per heavy atom. The Kier molecular flexibility index (Phi) is 4.06. The lowest BCUT2D eigenvalue weighted by atomic mass is 10.4. The molecule has 0 spiro atoms. The van der Waals surface area contributed by atoms with Gasteiger partial charge in [0.15, 0.2) is 0 Å². The standard InChI is InChI=1S/C7H10ClN/c1-6(8)4-5-7(2)9-3/h4-5H,3H2,1-2H3. The van der Waals surface area contributed by atoms with E-state index in [9.17, 15) is 0 Å². The molecule has 50 valence electrons. The molecule has 0 amide bonds. The van der Waals surface area contributed by atoms with Crippen molar-refractivity contribution in [2.75, 3.05) is 0 Å². The third kappa shape index (κ3) is 5.31. The average Bonchev–Trinajstić information content (AvgIpc) is 1.83. The summed E-state index contributed by atoms with van der Waals surface area (Å²) in [7, 11) is 0. The lowest BCUT2D eigenvalue weighted by molar-refractivity contribution is 1.32. The van der Waals surface area contributed by atoms with Gasteiger partial charge in [-0.15, -0.1) is 0 Å². The second kappa shape index (κ2) is 4.33.